The fraction of sp³-hybridized carbons (Fsp3) is 0.375. The number of pyridine rings is 1. The van der Waals surface area contributed by atoms with Crippen LogP contribution in [0.1, 0.15) is 35.5 Å². The van der Waals surface area contributed by atoms with Crippen molar-refractivity contribution in [1.82, 2.24) is 19.0 Å². The second kappa shape index (κ2) is 7.59. The van der Waals surface area contributed by atoms with E-state index in [1.807, 2.05) is 51.4 Å². The summed E-state index contributed by atoms with van der Waals surface area (Å²) in [5.74, 6) is 1.44. The van der Waals surface area contributed by atoms with Crippen molar-refractivity contribution in [2.75, 3.05) is 13.1 Å². The lowest BCUT2D eigenvalue weighted by Crippen LogP contribution is -2.52. The Kier molecular flexibility index (Phi) is 4.77. The van der Waals surface area contributed by atoms with Crippen LogP contribution in [0.3, 0.4) is 0 Å². The summed E-state index contributed by atoms with van der Waals surface area (Å²) in [6, 6.07) is 16.0. The highest BCUT2D eigenvalue weighted by atomic mass is 16.2. The van der Waals surface area contributed by atoms with E-state index in [1.165, 1.54) is 5.56 Å². The monoisotopic (exact) mass is 402 g/mol. The van der Waals surface area contributed by atoms with Crippen LogP contribution in [0.25, 0.3) is 0 Å². The molecule has 30 heavy (non-hydrogen) atoms. The van der Waals surface area contributed by atoms with Crippen LogP contribution in [0.5, 0.6) is 0 Å². The summed E-state index contributed by atoms with van der Waals surface area (Å²) in [6.07, 6.45) is 5.41. The lowest BCUT2D eigenvalue weighted by molar-refractivity contribution is -0.135. The van der Waals surface area contributed by atoms with Gasteiger partial charge in [-0.25, -0.2) is 4.98 Å². The van der Waals surface area contributed by atoms with Crippen molar-refractivity contribution in [3.8, 4) is 0 Å². The maximum atomic E-state index is 13.1. The molecule has 3 atom stereocenters. The molecule has 2 bridgehead atoms. The predicted molar refractivity (Wildman–Crippen MR) is 114 cm³/mol. The molecule has 6 heteroatoms. The third kappa shape index (κ3) is 3.36. The normalized spacial score (nSPS) is 22.6. The number of aromatic nitrogens is 3. The Labute approximate surface area is 175 Å². The first kappa shape index (κ1) is 18.9. The topological polar surface area (TPSA) is 60.1 Å². The van der Waals surface area contributed by atoms with E-state index in [0.717, 1.165) is 24.4 Å². The van der Waals surface area contributed by atoms with Gasteiger partial charge in [-0.1, -0.05) is 36.4 Å². The predicted octanol–water partition coefficient (Wildman–Crippen LogP) is 2.78. The van der Waals surface area contributed by atoms with Crippen LogP contribution in [0.4, 0.5) is 0 Å². The zero-order chi connectivity index (χ0) is 20.7. The number of likely N-dealkylation sites (tertiary alicyclic amines) is 1. The summed E-state index contributed by atoms with van der Waals surface area (Å²) in [5.41, 5.74) is 2.35. The number of piperidine rings is 1. The first-order chi connectivity index (χ1) is 14.6. The Morgan fingerprint density at radius 2 is 1.93 bits per heavy atom. The van der Waals surface area contributed by atoms with E-state index in [2.05, 4.69) is 23.2 Å². The zero-order valence-corrected chi connectivity index (χ0v) is 17.1. The van der Waals surface area contributed by atoms with E-state index < -0.39 is 0 Å². The first-order valence-corrected chi connectivity index (χ1v) is 10.6. The number of carbonyl (C=O) groups excluding carboxylic acids is 1. The van der Waals surface area contributed by atoms with Crippen LogP contribution in [-0.4, -0.2) is 38.0 Å². The summed E-state index contributed by atoms with van der Waals surface area (Å²) < 4.78 is 3.90. The molecule has 6 nitrogen and oxygen atoms in total. The minimum absolute atomic E-state index is 0.0666. The van der Waals surface area contributed by atoms with Crippen molar-refractivity contribution < 1.29 is 4.79 Å². The van der Waals surface area contributed by atoms with Crippen LogP contribution < -0.4 is 5.56 Å². The van der Waals surface area contributed by atoms with Crippen LogP contribution >= 0.6 is 0 Å². The SMILES string of the molecule is Cc1nccn1CC(=O)N1C[C@H]2C[C@@H](C1)[C@H](Cc1ccccc1)n1c2cccc1=O. The largest absolute Gasteiger partial charge is 0.340 e. The number of benzene rings is 1. The molecular formula is C24H26N4O2. The Hall–Kier alpha value is -3.15. The van der Waals surface area contributed by atoms with E-state index in [0.29, 0.717) is 19.6 Å². The number of fused-ring (bicyclic) bond motifs is 4. The lowest BCUT2D eigenvalue weighted by atomic mass is 9.76. The molecule has 1 fully saturated rings. The van der Waals surface area contributed by atoms with E-state index >= 15 is 0 Å². The molecule has 0 unspecified atom stereocenters. The second-order valence-electron chi connectivity index (χ2n) is 8.51. The Bertz CT molecular complexity index is 1120. The molecule has 4 heterocycles. The highest BCUT2D eigenvalue weighted by Crippen LogP contribution is 2.42. The molecule has 1 amide bonds. The highest BCUT2D eigenvalue weighted by molar-refractivity contribution is 5.76. The molecule has 0 saturated carbocycles. The molecule has 1 aromatic carbocycles. The number of hydrogen-bond acceptors (Lipinski definition) is 3. The van der Waals surface area contributed by atoms with Crippen LogP contribution in [0.15, 0.2) is 65.7 Å². The molecule has 0 N–H and O–H groups in total. The van der Waals surface area contributed by atoms with Gasteiger partial charge >= 0.3 is 0 Å². The number of amides is 1. The summed E-state index contributed by atoms with van der Waals surface area (Å²) in [4.78, 5) is 32.2. The van der Waals surface area contributed by atoms with Gasteiger partial charge in [0.2, 0.25) is 5.91 Å². The summed E-state index contributed by atoms with van der Waals surface area (Å²) in [7, 11) is 0. The average Bonchev–Trinajstić information content (AvgIpc) is 3.16. The summed E-state index contributed by atoms with van der Waals surface area (Å²) in [5, 5.41) is 0. The van der Waals surface area contributed by atoms with E-state index in [1.54, 1.807) is 12.3 Å². The van der Waals surface area contributed by atoms with Crippen molar-refractivity contribution in [2.45, 2.75) is 38.3 Å². The number of carbonyl (C=O) groups is 1. The first-order valence-electron chi connectivity index (χ1n) is 10.6. The maximum Gasteiger partial charge on any atom is 0.251 e. The van der Waals surface area contributed by atoms with Gasteiger partial charge in [0.25, 0.3) is 5.56 Å². The molecule has 0 aliphatic carbocycles. The van der Waals surface area contributed by atoms with Gasteiger partial charge in [-0.2, -0.15) is 0 Å². The van der Waals surface area contributed by atoms with Gasteiger partial charge in [-0.3, -0.25) is 9.59 Å². The average molecular weight is 402 g/mol. The molecule has 2 aromatic heterocycles. The Balaban J connectivity index is 1.46. The van der Waals surface area contributed by atoms with E-state index in [9.17, 15) is 9.59 Å². The Morgan fingerprint density at radius 1 is 1.10 bits per heavy atom. The Morgan fingerprint density at radius 3 is 2.70 bits per heavy atom. The lowest BCUT2D eigenvalue weighted by Gasteiger charge is -2.47. The summed E-state index contributed by atoms with van der Waals surface area (Å²) in [6.45, 7) is 3.60. The van der Waals surface area contributed by atoms with Gasteiger partial charge in [0.1, 0.15) is 12.4 Å². The second-order valence-corrected chi connectivity index (χ2v) is 8.51. The smallest absolute Gasteiger partial charge is 0.251 e. The zero-order valence-electron chi connectivity index (χ0n) is 17.1. The van der Waals surface area contributed by atoms with Crippen LogP contribution in [0, 0.1) is 12.8 Å². The van der Waals surface area contributed by atoms with Gasteiger partial charge in [0, 0.05) is 49.2 Å². The molecule has 2 aliphatic rings. The van der Waals surface area contributed by atoms with Crippen molar-refractivity contribution in [3.05, 3.63) is 88.4 Å². The van der Waals surface area contributed by atoms with Gasteiger partial charge in [-0.05, 0) is 37.3 Å². The molecule has 3 aromatic rings. The number of nitrogens with zero attached hydrogens (tertiary/aromatic N) is 4. The van der Waals surface area contributed by atoms with Crippen molar-refractivity contribution in [1.29, 1.82) is 0 Å². The highest BCUT2D eigenvalue weighted by Gasteiger charge is 2.41. The molecule has 5 rings (SSSR count). The van der Waals surface area contributed by atoms with Crippen molar-refractivity contribution in [3.63, 3.8) is 0 Å². The number of hydrogen-bond donors (Lipinski definition) is 0. The fourth-order valence-corrected chi connectivity index (χ4v) is 5.18. The number of aryl methyl sites for hydroxylation is 1. The quantitative estimate of drug-likeness (QED) is 0.674. The van der Waals surface area contributed by atoms with E-state index in [-0.39, 0.29) is 29.3 Å². The van der Waals surface area contributed by atoms with Crippen molar-refractivity contribution >= 4 is 5.91 Å². The minimum Gasteiger partial charge on any atom is -0.340 e. The van der Waals surface area contributed by atoms with Gasteiger partial charge < -0.3 is 14.0 Å². The standard InChI is InChI=1S/C24H26N4O2/c1-17-25-10-11-26(17)16-24(30)27-14-19-13-20(15-27)22(12-18-6-3-2-4-7-18)28-21(19)8-5-9-23(28)29/h2-11,19-20,22H,12-16H2,1H3/t19-,20+,22+/m1/s1. The van der Waals surface area contributed by atoms with Gasteiger partial charge in [-0.15, -0.1) is 0 Å². The third-order valence-corrected chi connectivity index (χ3v) is 6.67. The van der Waals surface area contributed by atoms with Crippen LogP contribution in [0.2, 0.25) is 0 Å². The van der Waals surface area contributed by atoms with Crippen LogP contribution in [-0.2, 0) is 17.8 Å². The van der Waals surface area contributed by atoms with Crippen molar-refractivity contribution in [2.24, 2.45) is 5.92 Å². The number of imidazole rings is 1. The maximum absolute atomic E-state index is 13.1. The molecule has 0 radical (unpaired) electrons. The molecule has 2 aliphatic heterocycles. The number of rotatable bonds is 4. The third-order valence-electron chi connectivity index (χ3n) is 6.67. The molecule has 1 saturated heterocycles. The molecule has 154 valence electrons. The minimum atomic E-state index is 0.0666. The van der Waals surface area contributed by atoms with Gasteiger partial charge in [0.15, 0.2) is 0 Å². The van der Waals surface area contributed by atoms with Gasteiger partial charge in [0.05, 0.1) is 0 Å². The van der Waals surface area contributed by atoms with E-state index in [4.69, 9.17) is 0 Å². The molecular weight excluding hydrogens is 376 g/mol. The summed E-state index contributed by atoms with van der Waals surface area (Å²) >= 11 is 0. The fourth-order valence-electron chi connectivity index (χ4n) is 5.18. The molecule has 0 spiro atoms.